The fourth-order valence-electron chi connectivity index (χ4n) is 9.63. The average molecular weight is 666 g/mol. The van der Waals surface area contributed by atoms with Gasteiger partial charge in [0.25, 0.3) is 0 Å². The molecule has 0 aliphatic carbocycles. The van der Waals surface area contributed by atoms with Crippen LogP contribution in [0.15, 0.2) is 194 Å². The number of para-hydroxylation sites is 3. The van der Waals surface area contributed by atoms with E-state index in [9.17, 15) is 0 Å². The van der Waals surface area contributed by atoms with Gasteiger partial charge < -0.3 is 0 Å². The Kier molecular flexibility index (Phi) is 6.01. The van der Waals surface area contributed by atoms with E-state index >= 15 is 0 Å². The van der Waals surface area contributed by atoms with Gasteiger partial charge in [0.2, 0.25) is 0 Å². The standard InChI is InChI=1S/C48H33N2Si/c1-4-16-33(17-5-1)49-41-25-13-10-23-39(41)47-43(49)30-31-44-48(47)40-24-11-14-26-42(40)50(44)34-28-29-38-37-22-12-15-27-45(37)51(46(38)32-34,35-18-6-2-7-19-35)36-20-8-3-9-21-36/h1-32,51H/q-1. The van der Waals surface area contributed by atoms with Crippen LogP contribution in [-0.2, 0) is 0 Å². The molecule has 0 fully saturated rings. The number of benzene rings is 8. The van der Waals surface area contributed by atoms with Crippen molar-refractivity contribution >= 4 is 72.4 Å². The fraction of sp³-hybridized carbons (Fsp3) is 0. The summed E-state index contributed by atoms with van der Waals surface area (Å²) in [6, 6.07) is 72.4. The quantitative estimate of drug-likeness (QED) is 0.166. The minimum absolute atomic E-state index is 1.18. The van der Waals surface area contributed by atoms with Crippen molar-refractivity contribution in [3.05, 3.63) is 194 Å². The number of nitrogens with zero attached hydrogens (tertiary/aromatic N) is 2. The van der Waals surface area contributed by atoms with Crippen molar-refractivity contribution in [2.24, 2.45) is 0 Å². The first-order chi connectivity index (χ1) is 25.3. The molecule has 2 aromatic heterocycles. The number of fused-ring (bicyclic) bond motifs is 10. The van der Waals surface area contributed by atoms with E-state index in [4.69, 9.17) is 0 Å². The Morgan fingerprint density at radius 3 is 1.39 bits per heavy atom. The second kappa shape index (κ2) is 10.8. The SMILES string of the molecule is c1ccc(-n2c3ccccc3c3c4c5ccccc5n(-c5ccc6c(c5)[SiH-](c5ccccc5)(c5ccccc5)c5ccccc5-6)c4ccc32)cc1. The zero-order chi connectivity index (χ0) is 33.5. The molecule has 0 N–H and O–H groups in total. The van der Waals surface area contributed by atoms with E-state index in [0.29, 0.717) is 0 Å². The second-order valence-corrected chi connectivity index (χ2v) is 18.3. The maximum absolute atomic E-state index is 3.07. The van der Waals surface area contributed by atoms with Crippen LogP contribution in [0.4, 0.5) is 0 Å². The van der Waals surface area contributed by atoms with Crippen LogP contribution in [0, 0.1) is 0 Å². The van der Waals surface area contributed by atoms with Gasteiger partial charge in [-0.25, -0.2) is 0 Å². The Morgan fingerprint density at radius 1 is 0.314 bits per heavy atom. The van der Waals surface area contributed by atoms with Crippen molar-refractivity contribution < 1.29 is 0 Å². The van der Waals surface area contributed by atoms with Crippen LogP contribution < -0.4 is 20.7 Å². The zero-order valence-electron chi connectivity index (χ0n) is 27.9. The molecule has 1 aliphatic rings. The molecule has 1 aliphatic heterocycles. The van der Waals surface area contributed by atoms with Crippen LogP contribution >= 0.6 is 0 Å². The van der Waals surface area contributed by atoms with Gasteiger partial charge in [-0.2, -0.15) is 0 Å². The van der Waals surface area contributed by atoms with E-state index in [1.54, 1.807) is 0 Å². The summed E-state index contributed by atoms with van der Waals surface area (Å²) in [6.07, 6.45) is 0. The molecule has 3 heteroatoms. The first kappa shape index (κ1) is 28.4. The van der Waals surface area contributed by atoms with Gasteiger partial charge in [-0.1, -0.05) is 6.07 Å². The number of hydrogen-bond donors (Lipinski definition) is 0. The van der Waals surface area contributed by atoms with Crippen LogP contribution in [0.5, 0.6) is 0 Å². The van der Waals surface area contributed by atoms with Crippen LogP contribution in [0.3, 0.4) is 0 Å². The van der Waals surface area contributed by atoms with Gasteiger partial charge in [0.15, 0.2) is 0 Å². The van der Waals surface area contributed by atoms with E-state index in [2.05, 4.69) is 203 Å². The molecule has 3 heterocycles. The third kappa shape index (κ3) is 3.81. The van der Waals surface area contributed by atoms with Crippen molar-refractivity contribution in [3.8, 4) is 22.5 Å². The molecule has 0 saturated carbocycles. The molecule has 10 aromatic rings. The Balaban J connectivity index is 1.25. The number of hydrogen-bond acceptors (Lipinski definition) is 0. The summed E-state index contributed by atoms with van der Waals surface area (Å²) in [5, 5.41) is 11.0. The minimum atomic E-state index is -3.07. The Hall–Kier alpha value is -6.42. The average Bonchev–Trinajstić information content (AvgIpc) is 3.83. The summed E-state index contributed by atoms with van der Waals surface area (Å²) in [5.74, 6) is 0. The summed E-state index contributed by atoms with van der Waals surface area (Å²) in [5.41, 5.74) is 10.0. The first-order valence-corrected chi connectivity index (χ1v) is 20.2. The van der Waals surface area contributed by atoms with Crippen molar-refractivity contribution in [1.82, 2.24) is 9.13 Å². The van der Waals surface area contributed by atoms with Crippen LogP contribution in [0.25, 0.3) is 66.1 Å². The summed E-state index contributed by atoms with van der Waals surface area (Å²) in [4.78, 5) is 0. The summed E-state index contributed by atoms with van der Waals surface area (Å²) in [6.45, 7) is 0. The van der Waals surface area contributed by atoms with E-state index in [0.717, 1.165) is 0 Å². The molecule has 11 rings (SSSR count). The van der Waals surface area contributed by atoms with Crippen molar-refractivity contribution in [2.45, 2.75) is 0 Å². The molecule has 0 unspecified atom stereocenters. The number of aromatic nitrogens is 2. The molecule has 0 spiro atoms. The molecule has 0 bridgehead atoms. The Bertz CT molecular complexity index is 2920. The molecule has 2 nitrogen and oxygen atoms in total. The van der Waals surface area contributed by atoms with Crippen molar-refractivity contribution in [1.29, 1.82) is 0 Å². The summed E-state index contributed by atoms with van der Waals surface area (Å²) >= 11 is 0. The topological polar surface area (TPSA) is 9.86 Å². The van der Waals surface area contributed by atoms with Gasteiger partial charge in [0, 0.05) is 0 Å². The van der Waals surface area contributed by atoms with Gasteiger partial charge >= 0.3 is 292 Å². The van der Waals surface area contributed by atoms with Gasteiger partial charge in [-0.05, 0) is 0 Å². The molecule has 240 valence electrons. The fourth-order valence-corrected chi connectivity index (χ4v) is 15.6. The monoisotopic (exact) mass is 665 g/mol. The molecular weight excluding hydrogens is 633 g/mol. The predicted molar refractivity (Wildman–Crippen MR) is 219 cm³/mol. The molecule has 51 heavy (non-hydrogen) atoms. The predicted octanol–water partition coefficient (Wildman–Crippen LogP) is 8.97. The first-order valence-electron chi connectivity index (χ1n) is 17.9. The summed E-state index contributed by atoms with van der Waals surface area (Å²) in [7, 11) is -3.07. The Morgan fingerprint density at radius 2 is 0.784 bits per heavy atom. The van der Waals surface area contributed by atoms with Gasteiger partial charge in [0.05, 0.1) is 0 Å². The normalized spacial score (nSPS) is 13.9. The second-order valence-electron chi connectivity index (χ2n) is 13.9. The molecule has 8 aromatic carbocycles. The van der Waals surface area contributed by atoms with Gasteiger partial charge in [0.1, 0.15) is 0 Å². The molecule has 0 radical (unpaired) electrons. The summed E-state index contributed by atoms with van der Waals surface area (Å²) < 4.78 is 4.94. The van der Waals surface area contributed by atoms with E-state index in [1.165, 1.54) is 86.9 Å². The molecular formula is C48H33N2Si-. The van der Waals surface area contributed by atoms with Crippen molar-refractivity contribution in [2.75, 3.05) is 0 Å². The van der Waals surface area contributed by atoms with Gasteiger partial charge in [-0.15, -0.1) is 0 Å². The van der Waals surface area contributed by atoms with Crippen LogP contribution in [0.2, 0.25) is 0 Å². The maximum atomic E-state index is 2.54. The Labute approximate surface area is 297 Å². The van der Waals surface area contributed by atoms with E-state index in [-0.39, 0.29) is 0 Å². The van der Waals surface area contributed by atoms with Gasteiger partial charge in [-0.3, -0.25) is 0 Å². The zero-order valence-corrected chi connectivity index (χ0v) is 29.1. The molecule has 0 amide bonds. The third-order valence-corrected chi connectivity index (χ3v) is 17.2. The van der Waals surface area contributed by atoms with Crippen molar-refractivity contribution in [3.63, 3.8) is 0 Å². The molecule has 0 saturated heterocycles. The third-order valence-electron chi connectivity index (χ3n) is 11.6. The molecule has 0 atom stereocenters. The van der Waals surface area contributed by atoms with E-state index < -0.39 is 8.07 Å². The number of rotatable bonds is 4. The van der Waals surface area contributed by atoms with Crippen LogP contribution in [-0.4, -0.2) is 17.2 Å². The van der Waals surface area contributed by atoms with E-state index in [1.807, 2.05) is 0 Å². The van der Waals surface area contributed by atoms with Crippen LogP contribution in [0.1, 0.15) is 0 Å².